The minimum Gasteiger partial charge on any atom is -0.274 e. The first-order valence-electron chi connectivity index (χ1n) is 2.53. The molecule has 1 rings (SSSR count). The van der Waals surface area contributed by atoms with E-state index in [0.717, 1.165) is 10.0 Å². The smallest absolute Gasteiger partial charge is 0.0407 e. The van der Waals surface area contributed by atoms with Crippen molar-refractivity contribution in [3.8, 4) is 0 Å². The van der Waals surface area contributed by atoms with Crippen molar-refractivity contribution in [2.45, 2.75) is 0 Å². The zero-order chi connectivity index (χ0) is 7.98. The van der Waals surface area contributed by atoms with E-state index in [9.17, 15) is 0 Å². The van der Waals surface area contributed by atoms with Gasteiger partial charge in [-0.2, -0.15) is 0 Å². The summed E-state index contributed by atoms with van der Waals surface area (Å²) in [5.41, 5.74) is 0. The number of nitrogens with two attached hydrogens (primary N) is 2. The lowest BCUT2D eigenvalue weighted by Gasteiger charge is -1.86. The molecular weight excluding hydrogens is 171 g/mol. The summed E-state index contributed by atoms with van der Waals surface area (Å²) in [6, 6.07) is 7.02. The first-order chi connectivity index (χ1) is 4.79. The molecule has 0 aliphatic carbocycles. The molecule has 0 fully saturated rings. The van der Waals surface area contributed by atoms with Crippen LogP contribution in [-0.4, -0.2) is 0 Å². The van der Waals surface area contributed by atoms with E-state index in [2.05, 4.69) is 11.7 Å². The average Bonchev–Trinajstić information content (AvgIpc) is 2.00. The highest BCUT2D eigenvalue weighted by molar-refractivity contribution is 6.32. The van der Waals surface area contributed by atoms with Crippen molar-refractivity contribution < 1.29 is 0 Å². The number of hydrogen-bond acceptors (Lipinski definition) is 2. The molecule has 0 unspecified atom stereocenters. The molecule has 10 heavy (non-hydrogen) atoms. The van der Waals surface area contributed by atoms with Gasteiger partial charge in [-0.05, 0) is 24.3 Å². The number of benzene rings is 1. The second-order valence-electron chi connectivity index (χ2n) is 1.44. The fourth-order valence-electron chi connectivity index (χ4n) is 0.430. The summed E-state index contributed by atoms with van der Waals surface area (Å²) in [5, 5.41) is 1.43. The van der Waals surface area contributed by atoms with E-state index < -0.39 is 0 Å². The van der Waals surface area contributed by atoms with Gasteiger partial charge in [-0.25, -0.2) is 0 Å². The predicted molar refractivity (Wildman–Crippen MR) is 44.8 cm³/mol. The van der Waals surface area contributed by atoms with E-state index in [1.165, 1.54) is 0 Å². The third-order valence-corrected chi connectivity index (χ3v) is 1.31. The number of rotatable bonds is 0. The fourth-order valence-corrected chi connectivity index (χ4v) is 0.682. The van der Waals surface area contributed by atoms with E-state index in [1.54, 1.807) is 24.3 Å². The topological polar surface area (TPSA) is 52.0 Å². The van der Waals surface area contributed by atoms with Gasteiger partial charge in [-0.1, -0.05) is 23.2 Å². The van der Waals surface area contributed by atoms with Crippen LogP contribution in [0, 0.1) is 0 Å². The second-order valence-corrected chi connectivity index (χ2v) is 2.31. The summed E-state index contributed by atoms with van der Waals surface area (Å²) in [4.78, 5) is 0. The molecule has 0 amide bonds. The Morgan fingerprint density at radius 3 is 1.20 bits per heavy atom. The Kier molecular flexibility index (Phi) is 5.35. The van der Waals surface area contributed by atoms with E-state index >= 15 is 0 Å². The molecule has 1 aromatic rings. The molecule has 1 aromatic carbocycles. The zero-order valence-electron chi connectivity index (χ0n) is 5.22. The molecule has 0 bridgehead atoms. The maximum atomic E-state index is 5.55. The molecule has 0 aromatic heterocycles. The largest absolute Gasteiger partial charge is 0.274 e. The van der Waals surface area contributed by atoms with Gasteiger partial charge in [0.05, 0.1) is 0 Å². The Labute approximate surface area is 69.7 Å². The number of halogens is 2. The summed E-state index contributed by atoms with van der Waals surface area (Å²) < 4.78 is 0. The van der Waals surface area contributed by atoms with Crippen LogP contribution in [0.1, 0.15) is 0 Å². The standard InChI is InChI=1S/C6H4Cl2.H4N2/c7-5-1-2-6(8)4-3-5;1-2/h1-4H;1-2H2. The van der Waals surface area contributed by atoms with Gasteiger partial charge in [0.25, 0.3) is 0 Å². The van der Waals surface area contributed by atoms with Crippen LogP contribution in [0.25, 0.3) is 0 Å². The van der Waals surface area contributed by atoms with Crippen LogP contribution in [0.15, 0.2) is 24.3 Å². The summed E-state index contributed by atoms with van der Waals surface area (Å²) in [6.45, 7) is 0. The van der Waals surface area contributed by atoms with Gasteiger partial charge in [-0.3, -0.25) is 11.7 Å². The Bertz CT molecular complexity index is 153. The molecule has 4 N–H and O–H groups in total. The fraction of sp³-hybridized carbons (Fsp3) is 0. The predicted octanol–water partition coefficient (Wildman–Crippen LogP) is 1.81. The van der Waals surface area contributed by atoms with Crippen LogP contribution in [-0.2, 0) is 0 Å². The first kappa shape index (κ1) is 9.72. The summed E-state index contributed by atoms with van der Waals surface area (Å²) in [6.07, 6.45) is 0. The van der Waals surface area contributed by atoms with Crippen LogP contribution < -0.4 is 11.7 Å². The van der Waals surface area contributed by atoms with E-state index in [4.69, 9.17) is 23.2 Å². The van der Waals surface area contributed by atoms with Gasteiger partial charge in [0.15, 0.2) is 0 Å². The Hall–Kier alpha value is -0.280. The van der Waals surface area contributed by atoms with Crippen molar-refractivity contribution in [2.24, 2.45) is 11.7 Å². The molecule has 2 nitrogen and oxygen atoms in total. The van der Waals surface area contributed by atoms with Crippen LogP contribution in [0.2, 0.25) is 10.0 Å². The van der Waals surface area contributed by atoms with Gasteiger partial charge < -0.3 is 0 Å². The van der Waals surface area contributed by atoms with E-state index in [0.29, 0.717) is 0 Å². The van der Waals surface area contributed by atoms with Gasteiger partial charge in [0.2, 0.25) is 0 Å². The minimum atomic E-state index is 0.717. The lowest BCUT2D eigenvalue weighted by molar-refractivity contribution is 1.26. The number of hydrogen-bond donors (Lipinski definition) is 2. The van der Waals surface area contributed by atoms with Crippen molar-refractivity contribution in [1.82, 2.24) is 0 Å². The van der Waals surface area contributed by atoms with Crippen molar-refractivity contribution in [1.29, 1.82) is 0 Å². The Balaban J connectivity index is 0.000000371. The molecule has 0 radical (unpaired) electrons. The Morgan fingerprint density at radius 1 is 0.800 bits per heavy atom. The van der Waals surface area contributed by atoms with E-state index in [-0.39, 0.29) is 0 Å². The van der Waals surface area contributed by atoms with Crippen molar-refractivity contribution in [3.05, 3.63) is 34.3 Å². The van der Waals surface area contributed by atoms with Crippen LogP contribution in [0.4, 0.5) is 0 Å². The SMILES string of the molecule is Clc1ccc(Cl)cc1.NN. The molecule has 0 aliphatic rings. The van der Waals surface area contributed by atoms with E-state index in [1.807, 2.05) is 0 Å². The maximum Gasteiger partial charge on any atom is 0.0407 e. The molecule has 4 heteroatoms. The summed E-state index contributed by atoms with van der Waals surface area (Å²) in [5.74, 6) is 8.00. The molecule has 0 spiro atoms. The highest BCUT2D eigenvalue weighted by atomic mass is 35.5. The zero-order valence-corrected chi connectivity index (χ0v) is 6.73. The third kappa shape index (κ3) is 3.69. The molecule has 0 heterocycles. The van der Waals surface area contributed by atoms with Gasteiger partial charge >= 0.3 is 0 Å². The monoisotopic (exact) mass is 178 g/mol. The highest BCUT2D eigenvalue weighted by Gasteiger charge is 1.83. The lowest BCUT2D eigenvalue weighted by atomic mass is 10.4. The first-order valence-corrected chi connectivity index (χ1v) is 3.29. The Morgan fingerprint density at radius 2 is 1.00 bits per heavy atom. The van der Waals surface area contributed by atoms with Gasteiger partial charge in [0, 0.05) is 10.0 Å². The van der Waals surface area contributed by atoms with Gasteiger partial charge in [-0.15, -0.1) is 0 Å². The maximum absolute atomic E-state index is 5.55. The normalized spacial score (nSPS) is 8.00. The molecule has 0 saturated carbocycles. The van der Waals surface area contributed by atoms with Crippen molar-refractivity contribution in [3.63, 3.8) is 0 Å². The average molecular weight is 179 g/mol. The molecule has 0 aliphatic heterocycles. The minimum absolute atomic E-state index is 0.717. The summed E-state index contributed by atoms with van der Waals surface area (Å²) >= 11 is 11.1. The van der Waals surface area contributed by atoms with Crippen LogP contribution >= 0.6 is 23.2 Å². The molecule has 0 atom stereocenters. The molecular formula is C6H8Cl2N2. The summed E-state index contributed by atoms with van der Waals surface area (Å²) in [7, 11) is 0. The van der Waals surface area contributed by atoms with Crippen molar-refractivity contribution in [2.75, 3.05) is 0 Å². The lowest BCUT2D eigenvalue weighted by Crippen LogP contribution is -2.02. The quantitative estimate of drug-likeness (QED) is 0.471. The van der Waals surface area contributed by atoms with Crippen LogP contribution in [0.3, 0.4) is 0 Å². The number of hydrazine groups is 1. The highest BCUT2D eigenvalue weighted by Crippen LogP contribution is 2.12. The van der Waals surface area contributed by atoms with Crippen LogP contribution in [0.5, 0.6) is 0 Å². The molecule has 56 valence electrons. The molecule has 0 saturated heterocycles. The van der Waals surface area contributed by atoms with Gasteiger partial charge in [0.1, 0.15) is 0 Å². The third-order valence-electron chi connectivity index (χ3n) is 0.804. The van der Waals surface area contributed by atoms with Crippen molar-refractivity contribution >= 4 is 23.2 Å². The second kappa shape index (κ2) is 5.50.